The molecule has 0 aliphatic rings. The van der Waals surface area contributed by atoms with Crippen LogP contribution in [0.15, 0.2) is 12.2 Å². The molecule has 0 unspecified atom stereocenters. The van der Waals surface area contributed by atoms with Crippen molar-refractivity contribution in [1.29, 1.82) is 0 Å². The lowest BCUT2D eigenvalue weighted by molar-refractivity contribution is -0.139. The Morgan fingerprint density at radius 3 is 2.24 bits per heavy atom. The number of carbonyl (C=O) groups excluding carboxylic acids is 1. The second-order valence-corrected chi connectivity index (χ2v) is 5.22. The molecule has 0 aliphatic carbocycles. The number of esters is 1. The van der Waals surface area contributed by atoms with Gasteiger partial charge in [0.05, 0.1) is 0 Å². The molecule has 0 amide bonds. The molecule has 0 aliphatic heterocycles. The minimum atomic E-state index is -5.38. The highest BCUT2D eigenvalue weighted by Gasteiger charge is 2.48. The summed E-state index contributed by atoms with van der Waals surface area (Å²) in [5.41, 5.74) is -5.29. The minimum Gasteiger partial charge on any atom is -0.461 e. The van der Waals surface area contributed by atoms with Gasteiger partial charge in [-0.05, 0) is 6.92 Å². The third kappa shape index (κ3) is 4.35. The van der Waals surface area contributed by atoms with Gasteiger partial charge in [-0.2, -0.15) is 17.5 Å². The van der Waals surface area contributed by atoms with Gasteiger partial charge in [0.2, 0.25) is 0 Å². The first-order valence-electron chi connectivity index (χ1n) is 4.35. The van der Waals surface area contributed by atoms with E-state index < -0.39 is 34.7 Å². The van der Waals surface area contributed by atoms with Crippen LogP contribution >= 0.6 is 0 Å². The number of hydrogen-bond acceptors (Lipinski definition) is 4. The molecule has 0 fully saturated rings. The van der Waals surface area contributed by atoms with Gasteiger partial charge in [-0.15, -0.1) is 0 Å². The van der Waals surface area contributed by atoms with Crippen molar-refractivity contribution >= 4 is 16.0 Å². The predicted octanol–water partition coefficient (Wildman–Crippen LogP) is 0.887. The minimum absolute atomic E-state index is 0.0682. The number of sulfonamides is 1. The van der Waals surface area contributed by atoms with Gasteiger partial charge in [-0.3, -0.25) is 0 Å². The fourth-order valence-corrected chi connectivity index (χ4v) is 1.36. The summed E-state index contributed by atoms with van der Waals surface area (Å²) in [7, 11) is -4.63. The van der Waals surface area contributed by atoms with Crippen LogP contribution in [0.2, 0.25) is 0 Å². The summed E-state index contributed by atoms with van der Waals surface area (Å²) < 4.78 is 62.3. The van der Waals surface area contributed by atoms with E-state index in [1.54, 1.807) is 0 Å². The Labute approximate surface area is 96.9 Å². The van der Waals surface area contributed by atoms with Crippen LogP contribution in [0.1, 0.15) is 6.92 Å². The lowest BCUT2D eigenvalue weighted by atomic mass is 10.4. The highest BCUT2D eigenvalue weighted by Crippen LogP contribution is 2.25. The van der Waals surface area contributed by atoms with Gasteiger partial charge in [-0.1, -0.05) is 6.58 Å². The molecule has 0 rings (SSSR count). The van der Waals surface area contributed by atoms with Crippen LogP contribution in [0.4, 0.5) is 13.2 Å². The average molecular weight is 275 g/mol. The van der Waals surface area contributed by atoms with Crippen LogP contribution in [0.25, 0.3) is 0 Å². The highest BCUT2D eigenvalue weighted by molar-refractivity contribution is 7.89. The SMILES string of the molecule is C=C(C)C(=O)OCCN(C)S(=O)(=O)C(F)(F)F. The van der Waals surface area contributed by atoms with Crippen LogP contribution in [-0.2, 0) is 19.6 Å². The number of halogens is 3. The Kier molecular flexibility index (Phi) is 5.14. The van der Waals surface area contributed by atoms with Gasteiger partial charge >= 0.3 is 21.5 Å². The molecule has 17 heavy (non-hydrogen) atoms. The fourth-order valence-electron chi connectivity index (χ4n) is 0.687. The molecule has 0 aromatic rings. The summed E-state index contributed by atoms with van der Waals surface area (Å²) in [5, 5.41) is 0. The molecule has 100 valence electrons. The molecule has 9 heteroatoms. The maximum absolute atomic E-state index is 12.0. The van der Waals surface area contributed by atoms with Gasteiger partial charge in [0, 0.05) is 19.2 Å². The van der Waals surface area contributed by atoms with Crippen molar-refractivity contribution in [3.8, 4) is 0 Å². The summed E-state index contributed by atoms with van der Waals surface area (Å²) in [4.78, 5) is 10.9. The van der Waals surface area contributed by atoms with Crippen molar-refractivity contribution < 1.29 is 31.1 Å². The van der Waals surface area contributed by atoms with Gasteiger partial charge < -0.3 is 4.74 Å². The van der Waals surface area contributed by atoms with Crippen LogP contribution in [0, 0.1) is 0 Å². The van der Waals surface area contributed by atoms with E-state index in [4.69, 9.17) is 0 Å². The monoisotopic (exact) mass is 275 g/mol. The van der Waals surface area contributed by atoms with Gasteiger partial charge in [0.15, 0.2) is 0 Å². The topological polar surface area (TPSA) is 63.7 Å². The number of hydrogen-bond donors (Lipinski definition) is 0. The van der Waals surface area contributed by atoms with E-state index in [1.807, 2.05) is 0 Å². The first kappa shape index (κ1) is 15.9. The molecular weight excluding hydrogens is 263 g/mol. The van der Waals surface area contributed by atoms with Crippen LogP contribution < -0.4 is 0 Å². The summed E-state index contributed by atoms with van der Waals surface area (Å²) in [5.74, 6) is -0.789. The van der Waals surface area contributed by atoms with E-state index in [0.717, 1.165) is 7.05 Å². The maximum Gasteiger partial charge on any atom is 0.511 e. The van der Waals surface area contributed by atoms with Crippen LogP contribution in [0.5, 0.6) is 0 Å². The third-order valence-corrected chi connectivity index (χ3v) is 3.28. The Bertz CT molecular complexity index is 401. The van der Waals surface area contributed by atoms with Gasteiger partial charge in [0.1, 0.15) is 6.61 Å². The summed E-state index contributed by atoms with van der Waals surface area (Å²) in [6.45, 7) is 3.56. The zero-order valence-corrected chi connectivity index (χ0v) is 10.1. The second kappa shape index (κ2) is 5.50. The number of alkyl halides is 3. The lowest BCUT2D eigenvalue weighted by Crippen LogP contribution is -2.40. The maximum atomic E-state index is 12.0. The van der Waals surface area contributed by atoms with E-state index >= 15 is 0 Å². The summed E-state index contributed by atoms with van der Waals surface area (Å²) >= 11 is 0. The molecule has 0 radical (unpaired) electrons. The fraction of sp³-hybridized carbons (Fsp3) is 0.625. The number of ether oxygens (including phenoxy) is 1. The smallest absolute Gasteiger partial charge is 0.461 e. The van der Waals surface area contributed by atoms with Crippen molar-refractivity contribution in [1.82, 2.24) is 4.31 Å². The first-order valence-corrected chi connectivity index (χ1v) is 5.79. The Morgan fingerprint density at radius 1 is 1.41 bits per heavy atom. The molecule has 0 heterocycles. The lowest BCUT2D eigenvalue weighted by Gasteiger charge is -2.18. The Hall–Kier alpha value is -1.09. The number of rotatable bonds is 5. The van der Waals surface area contributed by atoms with E-state index in [1.165, 1.54) is 6.92 Å². The third-order valence-electron chi connectivity index (χ3n) is 1.69. The van der Waals surface area contributed by atoms with Crippen molar-refractivity contribution in [3.05, 3.63) is 12.2 Å². The molecule has 0 N–H and O–H groups in total. The molecule has 0 saturated heterocycles. The van der Waals surface area contributed by atoms with Crippen molar-refractivity contribution in [3.63, 3.8) is 0 Å². The quantitative estimate of drug-likeness (QED) is 0.552. The van der Waals surface area contributed by atoms with E-state index in [-0.39, 0.29) is 9.88 Å². The predicted molar refractivity (Wildman–Crippen MR) is 53.4 cm³/mol. The molecule has 0 saturated carbocycles. The Morgan fingerprint density at radius 2 is 1.88 bits per heavy atom. The second-order valence-electron chi connectivity index (χ2n) is 3.19. The van der Waals surface area contributed by atoms with Gasteiger partial charge in [-0.25, -0.2) is 13.2 Å². The summed E-state index contributed by atoms with van der Waals surface area (Å²) in [6, 6.07) is 0. The molecule has 0 atom stereocenters. The van der Waals surface area contributed by atoms with E-state index in [0.29, 0.717) is 0 Å². The number of nitrogens with zero attached hydrogens (tertiary/aromatic N) is 1. The molecule has 0 bridgehead atoms. The van der Waals surface area contributed by atoms with Crippen LogP contribution in [-0.4, -0.2) is 44.4 Å². The molecular formula is C8H12F3NO4S. The largest absolute Gasteiger partial charge is 0.511 e. The average Bonchev–Trinajstić information content (AvgIpc) is 2.15. The van der Waals surface area contributed by atoms with Crippen molar-refractivity contribution in [2.45, 2.75) is 12.4 Å². The molecule has 0 aromatic carbocycles. The van der Waals surface area contributed by atoms with E-state index in [9.17, 15) is 26.4 Å². The van der Waals surface area contributed by atoms with Gasteiger partial charge in [0.25, 0.3) is 0 Å². The Balaban J connectivity index is 4.35. The molecule has 0 spiro atoms. The summed E-state index contributed by atoms with van der Waals surface area (Å²) in [6.07, 6.45) is 0. The zero-order chi connectivity index (χ0) is 13.9. The number of carbonyl (C=O) groups is 1. The standard InChI is InChI=1S/C8H12F3NO4S/c1-6(2)7(13)16-5-4-12(3)17(14,15)8(9,10)11/h1,4-5H2,2-3H3. The first-order chi connectivity index (χ1) is 7.50. The zero-order valence-electron chi connectivity index (χ0n) is 9.24. The molecule has 0 aromatic heterocycles. The normalized spacial score (nSPS) is 12.6. The molecule has 5 nitrogen and oxygen atoms in total. The van der Waals surface area contributed by atoms with Crippen molar-refractivity contribution in [2.75, 3.05) is 20.2 Å². The van der Waals surface area contributed by atoms with Crippen molar-refractivity contribution in [2.24, 2.45) is 0 Å². The number of likely N-dealkylation sites (N-methyl/N-ethyl adjacent to an activating group) is 1. The van der Waals surface area contributed by atoms with E-state index in [2.05, 4.69) is 11.3 Å². The van der Waals surface area contributed by atoms with Crippen LogP contribution in [0.3, 0.4) is 0 Å². The highest BCUT2D eigenvalue weighted by atomic mass is 32.2.